The minimum atomic E-state index is -0.200. The molecular weight excluding hydrogens is 286 g/mol. The molecule has 0 radical (unpaired) electrons. The van der Waals surface area contributed by atoms with E-state index in [1.165, 1.54) is 11.3 Å². The van der Waals surface area contributed by atoms with Crippen LogP contribution in [-0.2, 0) is 5.54 Å². The van der Waals surface area contributed by atoms with Crippen LogP contribution >= 0.6 is 11.3 Å². The Bertz CT molecular complexity index is 651. The minimum absolute atomic E-state index is 0.157. The molecular formula is C14H21N5OS. The van der Waals surface area contributed by atoms with Crippen molar-refractivity contribution in [2.24, 2.45) is 0 Å². The fourth-order valence-corrected chi connectivity index (χ4v) is 2.73. The Kier molecular flexibility index (Phi) is 4.13. The summed E-state index contributed by atoms with van der Waals surface area (Å²) in [5, 5.41) is 16.6. The first-order valence-corrected chi connectivity index (χ1v) is 7.71. The fraction of sp³-hybridized carbons (Fsp3) is 0.571. The molecule has 6 nitrogen and oxygen atoms in total. The van der Waals surface area contributed by atoms with Crippen LogP contribution in [0.15, 0.2) is 6.20 Å². The average molecular weight is 307 g/mol. The van der Waals surface area contributed by atoms with E-state index in [1.54, 1.807) is 6.20 Å². The smallest absolute Gasteiger partial charge is 0.260 e. The highest BCUT2D eigenvalue weighted by atomic mass is 32.1. The van der Waals surface area contributed by atoms with Crippen LogP contribution in [0, 0.1) is 6.92 Å². The normalized spacial score (nSPS) is 12.0. The molecule has 0 atom stereocenters. The molecule has 0 fully saturated rings. The van der Waals surface area contributed by atoms with Gasteiger partial charge in [-0.05, 0) is 27.7 Å². The largest absolute Gasteiger partial charge is 0.296 e. The van der Waals surface area contributed by atoms with Gasteiger partial charge >= 0.3 is 0 Å². The maximum Gasteiger partial charge on any atom is 0.260 e. The van der Waals surface area contributed by atoms with Crippen molar-refractivity contribution in [2.45, 2.75) is 53.0 Å². The fourth-order valence-electron chi connectivity index (χ4n) is 1.99. The molecule has 0 aliphatic rings. The van der Waals surface area contributed by atoms with Crippen LogP contribution in [0.3, 0.4) is 0 Å². The first-order chi connectivity index (χ1) is 9.70. The number of rotatable bonds is 3. The van der Waals surface area contributed by atoms with Crippen molar-refractivity contribution in [3.8, 4) is 0 Å². The number of nitrogens with zero attached hydrogens (tertiary/aromatic N) is 4. The molecule has 1 N–H and O–H groups in total. The van der Waals surface area contributed by atoms with Gasteiger partial charge in [-0.2, -0.15) is 5.10 Å². The summed E-state index contributed by atoms with van der Waals surface area (Å²) in [5.41, 5.74) is 1.25. The maximum absolute atomic E-state index is 12.3. The number of carbonyl (C=O) groups excluding carboxylic acids is 1. The predicted octanol–water partition coefficient (Wildman–Crippen LogP) is 3.17. The van der Waals surface area contributed by atoms with Gasteiger partial charge in [0, 0.05) is 11.6 Å². The van der Waals surface area contributed by atoms with Gasteiger partial charge in [0.2, 0.25) is 5.13 Å². The molecule has 2 aromatic heterocycles. The zero-order valence-electron chi connectivity index (χ0n) is 13.3. The van der Waals surface area contributed by atoms with E-state index in [0.717, 1.165) is 10.7 Å². The Morgan fingerprint density at radius 2 is 2.00 bits per heavy atom. The first-order valence-electron chi connectivity index (χ1n) is 6.90. The minimum Gasteiger partial charge on any atom is -0.296 e. The summed E-state index contributed by atoms with van der Waals surface area (Å²) in [7, 11) is 0. The highest BCUT2D eigenvalue weighted by Gasteiger charge is 2.22. The Morgan fingerprint density at radius 3 is 2.48 bits per heavy atom. The molecule has 1 amide bonds. The Hall–Kier alpha value is -1.76. The molecule has 0 aromatic carbocycles. The van der Waals surface area contributed by atoms with E-state index in [4.69, 9.17) is 0 Å². The molecule has 0 saturated carbocycles. The van der Waals surface area contributed by atoms with Gasteiger partial charge in [-0.1, -0.05) is 25.2 Å². The number of anilines is 1. The average Bonchev–Trinajstić information content (AvgIpc) is 2.94. The molecule has 114 valence electrons. The number of hydrogen-bond donors (Lipinski definition) is 1. The number of hydrogen-bond acceptors (Lipinski definition) is 5. The Labute approximate surface area is 128 Å². The highest BCUT2D eigenvalue weighted by molar-refractivity contribution is 7.15. The van der Waals surface area contributed by atoms with Crippen LogP contribution in [0.2, 0.25) is 0 Å². The van der Waals surface area contributed by atoms with E-state index in [0.29, 0.717) is 16.6 Å². The second kappa shape index (κ2) is 5.55. The monoisotopic (exact) mass is 307 g/mol. The molecule has 0 saturated heterocycles. The van der Waals surface area contributed by atoms with Crippen LogP contribution in [0.5, 0.6) is 0 Å². The standard InChI is InChI=1S/C14H21N5OS/c1-8(2)12-17-18-13(21-12)16-11(20)10-7-15-19(9(10)3)14(4,5)6/h7-8H,1-6H3,(H,16,18,20). The highest BCUT2D eigenvalue weighted by Crippen LogP contribution is 2.24. The first kappa shape index (κ1) is 15.6. The molecule has 0 unspecified atom stereocenters. The van der Waals surface area contributed by atoms with Crippen molar-refractivity contribution in [1.82, 2.24) is 20.0 Å². The van der Waals surface area contributed by atoms with Crippen molar-refractivity contribution >= 4 is 22.4 Å². The van der Waals surface area contributed by atoms with Crippen molar-refractivity contribution in [2.75, 3.05) is 5.32 Å². The van der Waals surface area contributed by atoms with Crippen molar-refractivity contribution < 1.29 is 4.79 Å². The van der Waals surface area contributed by atoms with Gasteiger partial charge in [0.1, 0.15) is 5.01 Å². The molecule has 7 heteroatoms. The van der Waals surface area contributed by atoms with Crippen LogP contribution in [0.4, 0.5) is 5.13 Å². The third-order valence-corrected chi connectivity index (χ3v) is 4.18. The van der Waals surface area contributed by atoms with E-state index in [9.17, 15) is 4.79 Å². The maximum atomic E-state index is 12.3. The van der Waals surface area contributed by atoms with Crippen molar-refractivity contribution in [3.05, 3.63) is 22.5 Å². The van der Waals surface area contributed by atoms with Gasteiger partial charge in [0.15, 0.2) is 0 Å². The lowest BCUT2D eigenvalue weighted by Gasteiger charge is -2.21. The number of amides is 1. The number of nitrogens with one attached hydrogen (secondary N) is 1. The van der Waals surface area contributed by atoms with Crippen molar-refractivity contribution in [3.63, 3.8) is 0 Å². The molecule has 21 heavy (non-hydrogen) atoms. The molecule has 2 heterocycles. The molecule has 2 rings (SSSR count). The predicted molar refractivity (Wildman–Crippen MR) is 83.9 cm³/mol. The van der Waals surface area contributed by atoms with E-state index >= 15 is 0 Å². The second-order valence-electron chi connectivity index (χ2n) is 6.28. The zero-order valence-corrected chi connectivity index (χ0v) is 14.1. The Morgan fingerprint density at radius 1 is 1.33 bits per heavy atom. The van der Waals surface area contributed by atoms with Crippen LogP contribution in [0.25, 0.3) is 0 Å². The third kappa shape index (κ3) is 3.29. The molecule has 0 aliphatic carbocycles. The van der Waals surface area contributed by atoms with E-state index < -0.39 is 0 Å². The third-order valence-electron chi connectivity index (χ3n) is 3.04. The summed E-state index contributed by atoms with van der Waals surface area (Å²) in [6, 6.07) is 0. The summed E-state index contributed by atoms with van der Waals surface area (Å²) >= 11 is 1.40. The van der Waals surface area contributed by atoms with E-state index in [2.05, 4.69) is 20.6 Å². The van der Waals surface area contributed by atoms with Gasteiger partial charge in [0.25, 0.3) is 5.91 Å². The Balaban J connectivity index is 2.19. The lowest BCUT2D eigenvalue weighted by atomic mass is 10.1. The van der Waals surface area contributed by atoms with Crippen LogP contribution in [-0.4, -0.2) is 25.9 Å². The molecule has 0 bridgehead atoms. The lowest BCUT2D eigenvalue weighted by molar-refractivity contribution is 0.102. The second-order valence-corrected chi connectivity index (χ2v) is 7.29. The topological polar surface area (TPSA) is 72.7 Å². The lowest BCUT2D eigenvalue weighted by Crippen LogP contribution is -2.25. The summed E-state index contributed by atoms with van der Waals surface area (Å²) in [6.07, 6.45) is 1.60. The molecule has 0 aliphatic heterocycles. The zero-order chi connectivity index (χ0) is 15.8. The van der Waals surface area contributed by atoms with Crippen LogP contribution in [0.1, 0.15) is 61.6 Å². The summed E-state index contributed by atoms with van der Waals surface area (Å²) in [5.74, 6) is 0.105. The SMILES string of the molecule is Cc1c(C(=O)Nc2nnc(C(C)C)s2)cnn1C(C)(C)C. The van der Waals surface area contributed by atoms with Gasteiger partial charge in [0.05, 0.1) is 17.3 Å². The van der Waals surface area contributed by atoms with Gasteiger partial charge < -0.3 is 0 Å². The van der Waals surface area contributed by atoms with Crippen molar-refractivity contribution in [1.29, 1.82) is 0 Å². The molecule has 2 aromatic rings. The number of aromatic nitrogens is 4. The van der Waals surface area contributed by atoms with Gasteiger partial charge in [-0.25, -0.2) is 0 Å². The van der Waals surface area contributed by atoms with Gasteiger partial charge in [-0.15, -0.1) is 10.2 Å². The summed E-state index contributed by atoms with van der Waals surface area (Å²) < 4.78 is 1.85. The summed E-state index contributed by atoms with van der Waals surface area (Å²) in [6.45, 7) is 12.1. The quantitative estimate of drug-likeness (QED) is 0.945. The van der Waals surface area contributed by atoms with E-state index in [-0.39, 0.29) is 11.4 Å². The van der Waals surface area contributed by atoms with E-state index in [1.807, 2.05) is 46.2 Å². The summed E-state index contributed by atoms with van der Waals surface area (Å²) in [4.78, 5) is 12.3. The molecule has 0 spiro atoms. The number of carbonyl (C=O) groups is 1. The van der Waals surface area contributed by atoms with Crippen LogP contribution < -0.4 is 5.32 Å². The van der Waals surface area contributed by atoms with Gasteiger partial charge in [-0.3, -0.25) is 14.8 Å².